The van der Waals surface area contributed by atoms with Crippen molar-refractivity contribution in [3.63, 3.8) is 0 Å². The zero-order valence-corrected chi connectivity index (χ0v) is 19.8. The highest BCUT2D eigenvalue weighted by molar-refractivity contribution is 9.10. The summed E-state index contributed by atoms with van der Waals surface area (Å²) in [4.78, 5) is 15.8. The molecule has 1 fully saturated rings. The Balaban J connectivity index is 1.51. The van der Waals surface area contributed by atoms with Crippen LogP contribution in [0.25, 0.3) is 22.5 Å². The van der Waals surface area contributed by atoms with E-state index in [1.807, 2.05) is 22.8 Å². The van der Waals surface area contributed by atoms with Gasteiger partial charge in [0.05, 0.1) is 17.6 Å². The van der Waals surface area contributed by atoms with Gasteiger partial charge in [-0.15, -0.1) is 10.2 Å². The van der Waals surface area contributed by atoms with E-state index in [0.717, 1.165) is 42.0 Å². The van der Waals surface area contributed by atoms with E-state index in [4.69, 9.17) is 4.42 Å². The van der Waals surface area contributed by atoms with Crippen molar-refractivity contribution in [3.05, 3.63) is 68.6 Å². The van der Waals surface area contributed by atoms with E-state index in [1.165, 1.54) is 12.1 Å². The molecule has 0 spiro atoms. The van der Waals surface area contributed by atoms with Gasteiger partial charge in [0.15, 0.2) is 0 Å². The van der Waals surface area contributed by atoms with E-state index in [0.29, 0.717) is 5.52 Å². The number of benzene rings is 2. The predicted molar refractivity (Wildman–Crippen MR) is 123 cm³/mol. The Morgan fingerprint density at radius 2 is 1.88 bits per heavy atom. The van der Waals surface area contributed by atoms with Gasteiger partial charge >= 0.3 is 12.1 Å². The third kappa shape index (κ3) is 4.18. The Hall–Kier alpha value is -2.92. The highest BCUT2D eigenvalue weighted by atomic mass is 79.9. The van der Waals surface area contributed by atoms with Crippen LogP contribution in [0.4, 0.5) is 13.2 Å². The largest absolute Gasteiger partial charge is 0.415 e. The van der Waals surface area contributed by atoms with Gasteiger partial charge in [-0.3, -0.25) is 9.13 Å². The maximum absolute atomic E-state index is 15.0. The molecule has 0 aliphatic carbocycles. The molecule has 2 aromatic heterocycles. The first kappa shape index (κ1) is 22.9. The molecule has 5 rings (SSSR count). The van der Waals surface area contributed by atoms with Crippen molar-refractivity contribution in [2.24, 2.45) is 0 Å². The van der Waals surface area contributed by atoms with Crippen LogP contribution >= 0.6 is 15.9 Å². The molecule has 34 heavy (non-hydrogen) atoms. The second kappa shape index (κ2) is 9.03. The van der Waals surface area contributed by atoms with Gasteiger partial charge < -0.3 is 9.32 Å². The fourth-order valence-electron chi connectivity index (χ4n) is 4.43. The van der Waals surface area contributed by atoms with Crippen molar-refractivity contribution >= 4 is 27.0 Å². The van der Waals surface area contributed by atoms with E-state index in [-0.39, 0.29) is 35.3 Å². The Labute approximate surface area is 200 Å². The van der Waals surface area contributed by atoms with Gasteiger partial charge in [0, 0.05) is 21.6 Å². The van der Waals surface area contributed by atoms with Gasteiger partial charge in [-0.05, 0) is 63.3 Å². The number of rotatable bonds is 5. The molecule has 0 unspecified atom stereocenters. The third-order valence-electron chi connectivity index (χ3n) is 6.23. The van der Waals surface area contributed by atoms with Gasteiger partial charge in [-0.25, -0.2) is 9.18 Å². The van der Waals surface area contributed by atoms with Gasteiger partial charge in [0.1, 0.15) is 5.82 Å². The summed E-state index contributed by atoms with van der Waals surface area (Å²) in [6, 6.07) is 9.85. The van der Waals surface area contributed by atoms with E-state index in [9.17, 15) is 13.6 Å². The Bertz CT molecular complexity index is 1410. The smallest absolute Gasteiger partial charge is 0.329 e. The van der Waals surface area contributed by atoms with Gasteiger partial charge in [0.25, 0.3) is 5.89 Å². The standard InChI is InChI=1S/C23H21BrF3N5O2/c1-30-8-6-16(7-9-30)32-19-11-15(24)4-5-18(19)31(23(32)33)12-14-3-2-13(10-17(14)25)21-28-29-22(34-21)20(26)27/h2-5,10-11,16,20H,6-9,12H2,1H3. The first-order valence-corrected chi connectivity index (χ1v) is 11.6. The molecule has 0 saturated carbocycles. The first-order chi connectivity index (χ1) is 16.3. The topological polar surface area (TPSA) is 69.1 Å². The molecule has 0 radical (unpaired) electrons. The molecule has 4 aromatic rings. The van der Waals surface area contributed by atoms with E-state index >= 15 is 4.39 Å². The maximum Gasteiger partial charge on any atom is 0.329 e. The normalized spacial score (nSPS) is 15.6. The van der Waals surface area contributed by atoms with Crippen molar-refractivity contribution in [3.8, 4) is 11.5 Å². The molecule has 2 aromatic carbocycles. The molecule has 3 heterocycles. The lowest BCUT2D eigenvalue weighted by Gasteiger charge is -2.29. The summed E-state index contributed by atoms with van der Waals surface area (Å²) >= 11 is 3.49. The van der Waals surface area contributed by atoms with Crippen molar-refractivity contribution in [2.45, 2.75) is 31.9 Å². The van der Waals surface area contributed by atoms with E-state index < -0.39 is 18.1 Å². The number of hydrogen-bond donors (Lipinski definition) is 0. The number of fused-ring (bicyclic) bond motifs is 1. The van der Waals surface area contributed by atoms with Crippen LogP contribution in [-0.4, -0.2) is 44.4 Å². The minimum atomic E-state index is -2.90. The SMILES string of the molecule is CN1CCC(n2c(=O)n(Cc3ccc(-c4nnc(C(F)F)o4)cc3F)c3ccc(Br)cc32)CC1. The summed E-state index contributed by atoms with van der Waals surface area (Å²) in [5.74, 6) is -1.61. The molecule has 0 N–H and O–H groups in total. The Morgan fingerprint density at radius 3 is 2.56 bits per heavy atom. The second-order valence-electron chi connectivity index (χ2n) is 8.46. The molecule has 1 aliphatic rings. The number of alkyl halides is 2. The lowest BCUT2D eigenvalue weighted by Crippen LogP contribution is -2.36. The van der Waals surface area contributed by atoms with Gasteiger partial charge in [-0.1, -0.05) is 22.0 Å². The average molecular weight is 536 g/mol. The molecular weight excluding hydrogens is 515 g/mol. The predicted octanol–water partition coefficient (Wildman–Crippen LogP) is 5.01. The summed E-state index contributed by atoms with van der Waals surface area (Å²) in [6.45, 7) is 1.82. The highest BCUT2D eigenvalue weighted by Crippen LogP contribution is 2.29. The minimum Gasteiger partial charge on any atom is -0.415 e. The number of imidazole rings is 1. The molecule has 11 heteroatoms. The van der Waals surface area contributed by atoms with E-state index in [1.54, 1.807) is 4.57 Å². The number of piperidine rings is 1. The third-order valence-corrected chi connectivity index (χ3v) is 6.73. The molecule has 7 nitrogen and oxygen atoms in total. The summed E-state index contributed by atoms with van der Waals surface area (Å²) in [5.41, 5.74) is 1.80. The van der Waals surface area contributed by atoms with Crippen molar-refractivity contribution in [1.82, 2.24) is 24.2 Å². The van der Waals surface area contributed by atoms with Crippen LogP contribution in [0.5, 0.6) is 0 Å². The van der Waals surface area contributed by atoms with Crippen molar-refractivity contribution in [1.29, 1.82) is 0 Å². The summed E-state index contributed by atoms with van der Waals surface area (Å²) in [7, 11) is 2.06. The zero-order valence-electron chi connectivity index (χ0n) is 18.2. The molecule has 1 saturated heterocycles. The molecule has 0 amide bonds. The maximum atomic E-state index is 15.0. The Kier molecular flexibility index (Phi) is 6.07. The van der Waals surface area contributed by atoms with Crippen molar-refractivity contribution < 1.29 is 17.6 Å². The van der Waals surface area contributed by atoms with Crippen LogP contribution in [-0.2, 0) is 6.54 Å². The van der Waals surface area contributed by atoms with Crippen LogP contribution in [0.15, 0.2) is 50.1 Å². The second-order valence-corrected chi connectivity index (χ2v) is 9.37. The number of nitrogens with zero attached hydrogens (tertiary/aromatic N) is 5. The number of halogens is 4. The lowest BCUT2D eigenvalue weighted by atomic mass is 10.1. The van der Waals surface area contributed by atoms with Crippen LogP contribution in [0.1, 0.15) is 36.8 Å². The minimum absolute atomic E-state index is 0.0226. The van der Waals surface area contributed by atoms with Crippen LogP contribution in [0.3, 0.4) is 0 Å². The summed E-state index contributed by atoms with van der Waals surface area (Å²) in [5, 5.41) is 6.83. The monoisotopic (exact) mass is 535 g/mol. The molecule has 1 aliphatic heterocycles. The lowest BCUT2D eigenvalue weighted by molar-refractivity contribution is 0.116. The van der Waals surface area contributed by atoms with Crippen LogP contribution < -0.4 is 5.69 Å². The molecular formula is C23H21BrF3N5O2. The Morgan fingerprint density at radius 1 is 1.12 bits per heavy atom. The number of likely N-dealkylation sites (tertiary alicyclic amines) is 1. The molecule has 0 atom stereocenters. The molecule has 0 bridgehead atoms. The summed E-state index contributed by atoms with van der Waals surface area (Å²) < 4.78 is 49.6. The average Bonchev–Trinajstić information content (AvgIpc) is 3.40. The summed E-state index contributed by atoms with van der Waals surface area (Å²) in [6.07, 6.45) is -1.19. The zero-order chi connectivity index (χ0) is 24.0. The van der Waals surface area contributed by atoms with Gasteiger partial charge in [-0.2, -0.15) is 8.78 Å². The van der Waals surface area contributed by atoms with Crippen LogP contribution in [0.2, 0.25) is 0 Å². The van der Waals surface area contributed by atoms with E-state index in [2.05, 4.69) is 38.1 Å². The fraction of sp³-hybridized carbons (Fsp3) is 0.348. The highest BCUT2D eigenvalue weighted by Gasteiger charge is 2.25. The number of aromatic nitrogens is 4. The fourth-order valence-corrected chi connectivity index (χ4v) is 4.78. The van der Waals surface area contributed by atoms with Crippen molar-refractivity contribution in [2.75, 3.05) is 20.1 Å². The van der Waals surface area contributed by atoms with Gasteiger partial charge in [0.2, 0.25) is 5.89 Å². The first-order valence-electron chi connectivity index (χ1n) is 10.8. The molecule has 178 valence electrons. The quantitative estimate of drug-likeness (QED) is 0.359. The van der Waals surface area contributed by atoms with Crippen LogP contribution in [0, 0.1) is 5.82 Å². The number of hydrogen-bond acceptors (Lipinski definition) is 5.